The number of nitrogens with one attached hydrogen (secondary N) is 1. The molecule has 2 heterocycles. The highest BCUT2D eigenvalue weighted by Crippen LogP contribution is 2.14. The third kappa shape index (κ3) is 2.51. The Hall–Kier alpha value is -3.23. The van der Waals surface area contributed by atoms with E-state index in [1.165, 1.54) is 4.68 Å². The standard InChI is InChI=1S/C13H13N7O2/c1-8-10(13(21)15-7-9-5-3-2-4-6-9)16-19-20(8)12-11(14)17-22-18-12/h2-6H,7H2,1H3,(H2,14,17)(H,15,21). The van der Waals surface area contributed by atoms with Crippen molar-refractivity contribution in [2.75, 3.05) is 5.73 Å². The third-order valence-electron chi connectivity index (χ3n) is 3.10. The summed E-state index contributed by atoms with van der Waals surface area (Å²) in [6, 6.07) is 9.57. The summed E-state index contributed by atoms with van der Waals surface area (Å²) in [4.78, 5) is 12.2. The second-order valence-electron chi connectivity index (χ2n) is 4.58. The van der Waals surface area contributed by atoms with Gasteiger partial charge in [0.15, 0.2) is 5.69 Å². The van der Waals surface area contributed by atoms with Crippen LogP contribution in [0.2, 0.25) is 0 Å². The minimum absolute atomic E-state index is 0.0734. The van der Waals surface area contributed by atoms with Crippen molar-refractivity contribution in [1.82, 2.24) is 30.6 Å². The van der Waals surface area contributed by atoms with Gasteiger partial charge in [0.25, 0.3) is 5.91 Å². The van der Waals surface area contributed by atoms with E-state index in [4.69, 9.17) is 5.73 Å². The first kappa shape index (κ1) is 13.7. The zero-order valence-electron chi connectivity index (χ0n) is 11.7. The van der Waals surface area contributed by atoms with Gasteiger partial charge in [-0.15, -0.1) is 5.10 Å². The predicted molar refractivity (Wildman–Crippen MR) is 76.0 cm³/mol. The molecular formula is C13H13N7O2. The van der Waals surface area contributed by atoms with Gasteiger partial charge in [0.1, 0.15) is 0 Å². The highest BCUT2D eigenvalue weighted by Gasteiger charge is 2.20. The van der Waals surface area contributed by atoms with Gasteiger partial charge in [-0.1, -0.05) is 35.5 Å². The molecule has 3 aromatic rings. The molecule has 0 saturated carbocycles. The summed E-state index contributed by atoms with van der Waals surface area (Å²) in [5.74, 6) is -0.0565. The molecule has 3 N–H and O–H groups in total. The van der Waals surface area contributed by atoms with Crippen molar-refractivity contribution in [3.8, 4) is 5.82 Å². The van der Waals surface area contributed by atoms with Gasteiger partial charge in [0.2, 0.25) is 11.6 Å². The SMILES string of the molecule is Cc1c(C(=O)NCc2ccccc2)nnn1-c1nonc1N. The molecule has 0 radical (unpaired) electrons. The molecule has 0 unspecified atom stereocenters. The molecule has 3 rings (SSSR count). The highest BCUT2D eigenvalue weighted by molar-refractivity contribution is 5.93. The summed E-state index contributed by atoms with van der Waals surface area (Å²) in [6.45, 7) is 2.09. The van der Waals surface area contributed by atoms with Crippen LogP contribution in [0.3, 0.4) is 0 Å². The average Bonchev–Trinajstić information content (AvgIpc) is 3.11. The van der Waals surface area contributed by atoms with Crippen molar-refractivity contribution in [2.45, 2.75) is 13.5 Å². The molecule has 0 atom stereocenters. The largest absolute Gasteiger partial charge is 0.378 e. The maximum atomic E-state index is 12.2. The van der Waals surface area contributed by atoms with E-state index in [-0.39, 0.29) is 23.2 Å². The smallest absolute Gasteiger partial charge is 0.274 e. The quantitative estimate of drug-likeness (QED) is 0.717. The van der Waals surface area contributed by atoms with Crippen LogP contribution >= 0.6 is 0 Å². The van der Waals surface area contributed by atoms with Gasteiger partial charge >= 0.3 is 0 Å². The Kier molecular flexibility index (Phi) is 3.52. The van der Waals surface area contributed by atoms with E-state index in [9.17, 15) is 4.79 Å². The first-order chi connectivity index (χ1) is 10.7. The molecule has 1 amide bonds. The van der Waals surface area contributed by atoms with Gasteiger partial charge in [0.05, 0.1) is 5.69 Å². The van der Waals surface area contributed by atoms with Crippen molar-refractivity contribution < 1.29 is 9.42 Å². The number of hydrogen-bond donors (Lipinski definition) is 2. The number of hydrogen-bond acceptors (Lipinski definition) is 7. The molecule has 0 aliphatic rings. The molecule has 112 valence electrons. The van der Waals surface area contributed by atoms with E-state index < -0.39 is 0 Å². The van der Waals surface area contributed by atoms with Crippen LogP contribution in [-0.2, 0) is 6.54 Å². The lowest BCUT2D eigenvalue weighted by molar-refractivity contribution is 0.0945. The molecule has 9 heteroatoms. The molecule has 22 heavy (non-hydrogen) atoms. The number of nitrogens with zero attached hydrogens (tertiary/aromatic N) is 5. The highest BCUT2D eigenvalue weighted by atomic mass is 16.6. The van der Waals surface area contributed by atoms with Crippen molar-refractivity contribution in [3.63, 3.8) is 0 Å². The number of carbonyl (C=O) groups is 1. The van der Waals surface area contributed by atoms with Gasteiger partial charge in [0, 0.05) is 6.54 Å². The van der Waals surface area contributed by atoms with Crippen LogP contribution in [0.25, 0.3) is 5.82 Å². The Morgan fingerprint density at radius 2 is 2.09 bits per heavy atom. The van der Waals surface area contributed by atoms with Crippen molar-refractivity contribution in [1.29, 1.82) is 0 Å². The maximum Gasteiger partial charge on any atom is 0.274 e. The topological polar surface area (TPSA) is 125 Å². The fourth-order valence-electron chi connectivity index (χ4n) is 1.94. The summed E-state index contributed by atoms with van der Waals surface area (Å²) in [5.41, 5.74) is 7.28. The lowest BCUT2D eigenvalue weighted by atomic mass is 10.2. The number of anilines is 1. The Labute approximate surface area is 125 Å². The number of rotatable bonds is 4. The van der Waals surface area contributed by atoms with Crippen LogP contribution in [0.4, 0.5) is 5.82 Å². The second kappa shape index (κ2) is 5.64. The van der Waals surface area contributed by atoms with E-state index in [1.807, 2.05) is 30.3 Å². The van der Waals surface area contributed by atoms with Crippen LogP contribution in [0, 0.1) is 6.92 Å². The van der Waals surface area contributed by atoms with Crippen molar-refractivity contribution >= 4 is 11.7 Å². The van der Waals surface area contributed by atoms with Gasteiger partial charge in [-0.3, -0.25) is 4.79 Å². The number of amides is 1. The van der Waals surface area contributed by atoms with Crippen LogP contribution in [0.5, 0.6) is 0 Å². The van der Waals surface area contributed by atoms with E-state index in [2.05, 4.69) is 30.6 Å². The fraction of sp³-hybridized carbons (Fsp3) is 0.154. The van der Waals surface area contributed by atoms with Gasteiger partial charge < -0.3 is 11.1 Å². The first-order valence-corrected chi connectivity index (χ1v) is 6.49. The predicted octanol–water partition coefficient (Wildman–Crippen LogP) is 0.471. The molecule has 0 bridgehead atoms. The van der Waals surface area contributed by atoms with Gasteiger partial charge in [-0.05, 0) is 22.8 Å². The number of nitrogens with two attached hydrogens (primary N) is 1. The molecule has 0 saturated heterocycles. The van der Waals surface area contributed by atoms with Crippen LogP contribution < -0.4 is 11.1 Å². The molecule has 1 aromatic carbocycles. The minimum Gasteiger partial charge on any atom is -0.378 e. The molecule has 0 spiro atoms. The van der Waals surface area contributed by atoms with E-state index >= 15 is 0 Å². The van der Waals surface area contributed by atoms with Crippen molar-refractivity contribution in [2.24, 2.45) is 0 Å². The summed E-state index contributed by atoms with van der Waals surface area (Å²) in [6.07, 6.45) is 0. The normalized spacial score (nSPS) is 10.6. The maximum absolute atomic E-state index is 12.2. The first-order valence-electron chi connectivity index (χ1n) is 6.49. The fourth-order valence-corrected chi connectivity index (χ4v) is 1.94. The number of nitrogen functional groups attached to an aromatic ring is 1. The molecule has 9 nitrogen and oxygen atoms in total. The number of benzene rings is 1. The molecule has 0 fully saturated rings. The molecular weight excluding hydrogens is 286 g/mol. The summed E-state index contributed by atoms with van der Waals surface area (Å²) < 4.78 is 5.82. The molecule has 2 aromatic heterocycles. The molecule has 0 aliphatic carbocycles. The van der Waals surface area contributed by atoms with E-state index in [0.29, 0.717) is 12.2 Å². The average molecular weight is 299 g/mol. The van der Waals surface area contributed by atoms with E-state index in [1.54, 1.807) is 6.92 Å². The Balaban J connectivity index is 1.77. The monoisotopic (exact) mass is 299 g/mol. The van der Waals surface area contributed by atoms with E-state index in [0.717, 1.165) is 5.56 Å². The van der Waals surface area contributed by atoms with Crippen LogP contribution in [0.1, 0.15) is 21.7 Å². The minimum atomic E-state index is -0.331. The Morgan fingerprint density at radius 1 is 1.32 bits per heavy atom. The number of aromatic nitrogens is 5. The zero-order valence-corrected chi connectivity index (χ0v) is 11.7. The summed E-state index contributed by atoms with van der Waals surface area (Å²) in [7, 11) is 0. The Bertz CT molecular complexity index is 794. The van der Waals surface area contributed by atoms with Crippen LogP contribution in [0.15, 0.2) is 35.0 Å². The van der Waals surface area contributed by atoms with Crippen LogP contribution in [-0.4, -0.2) is 31.2 Å². The molecule has 0 aliphatic heterocycles. The third-order valence-corrected chi connectivity index (χ3v) is 3.10. The number of carbonyl (C=O) groups excluding carboxylic acids is 1. The summed E-state index contributed by atoms with van der Waals surface area (Å²) >= 11 is 0. The Morgan fingerprint density at radius 3 is 2.77 bits per heavy atom. The second-order valence-corrected chi connectivity index (χ2v) is 4.58. The zero-order chi connectivity index (χ0) is 15.5. The lowest BCUT2D eigenvalue weighted by Crippen LogP contribution is -2.24. The lowest BCUT2D eigenvalue weighted by Gasteiger charge is -2.04. The van der Waals surface area contributed by atoms with Crippen molar-refractivity contribution in [3.05, 3.63) is 47.3 Å². The summed E-state index contributed by atoms with van der Waals surface area (Å²) in [5, 5.41) is 17.6. The van der Waals surface area contributed by atoms with Gasteiger partial charge in [-0.25, -0.2) is 4.63 Å². The van der Waals surface area contributed by atoms with Gasteiger partial charge in [-0.2, -0.15) is 4.68 Å².